The van der Waals surface area contributed by atoms with Gasteiger partial charge in [0.25, 0.3) is 5.91 Å². The Morgan fingerprint density at radius 2 is 1.87 bits per heavy atom. The van der Waals surface area contributed by atoms with Crippen LogP contribution >= 0.6 is 0 Å². The number of hydrogen-bond donors (Lipinski definition) is 2. The third-order valence-electron chi connectivity index (χ3n) is 5.36. The molecule has 0 aliphatic heterocycles. The van der Waals surface area contributed by atoms with Crippen LogP contribution < -0.4 is 5.32 Å². The van der Waals surface area contributed by atoms with Crippen LogP contribution in [0.25, 0.3) is 32.8 Å². The lowest BCUT2D eigenvalue weighted by Gasteiger charge is -2.08. The van der Waals surface area contributed by atoms with E-state index in [2.05, 4.69) is 38.9 Å². The Hall–Kier alpha value is -4.13. The number of anilines is 1. The fourth-order valence-corrected chi connectivity index (χ4v) is 3.95. The predicted octanol–water partition coefficient (Wildman–Crippen LogP) is 4.49. The minimum atomic E-state index is -0.562. The zero-order valence-electron chi connectivity index (χ0n) is 16.9. The van der Waals surface area contributed by atoms with Gasteiger partial charge < -0.3 is 19.6 Å². The maximum absolute atomic E-state index is 12.4. The number of rotatable bonds is 5. The summed E-state index contributed by atoms with van der Waals surface area (Å²) in [5.41, 5.74) is 4.78. The first-order valence-corrected chi connectivity index (χ1v) is 10.0. The molecule has 0 saturated carbocycles. The van der Waals surface area contributed by atoms with Crippen LogP contribution in [0.4, 0.5) is 5.69 Å². The highest BCUT2D eigenvalue weighted by Gasteiger charge is 2.13. The van der Waals surface area contributed by atoms with Gasteiger partial charge in [0.1, 0.15) is 0 Å². The van der Waals surface area contributed by atoms with Crippen LogP contribution in [-0.2, 0) is 16.1 Å². The summed E-state index contributed by atoms with van der Waals surface area (Å²) in [5.74, 6) is -0.956. The van der Waals surface area contributed by atoms with Crippen molar-refractivity contribution in [2.24, 2.45) is 0 Å². The Bertz CT molecular complexity index is 1450. The third kappa shape index (κ3) is 3.40. The summed E-state index contributed by atoms with van der Waals surface area (Å²) in [7, 11) is 0. The molecule has 1 amide bonds. The molecule has 7 nitrogen and oxygen atoms in total. The number of nitrogens with one attached hydrogen (secondary N) is 2. The van der Waals surface area contributed by atoms with Crippen LogP contribution in [0.1, 0.15) is 17.3 Å². The number of amides is 1. The Balaban J connectivity index is 1.30. The molecule has 7 heteroatoms. The lowest BCUT2D eigenvalue weighted by Crippen LogP contribution is -2.20. The van der Waals surface area contributed by atoms with Gasteiger partial charge in [0.15, 0.2) is 6.61 Å². The van der Waals surface area contributed by atoms with Crippen molar-refractivity contribution in [1.29, 1.82) is 0 Å². The average Bonchev–Trinajstić information content (AvgIpc) is 3.39. The van der Waals surface area contributed by atoms with Gasteiger partial charge in [-0.05, 0) is 49.4 Å². The molecule has 3 aromatic carbocycles. The highest BCUT2D eigenvalue weighted by atomic mass is 16.5. The average molecular weight is 412 g/mol. The highest BCUT2D eigenvalue weighted by molar-refractivity contribution is 6.10. The van der Waals surface area contributed by atoms with Crippen LogP contribution in [-0.4, -0.2) is 33.0 Å². The number of carbonyl (C=O) groups is 2. The zero-order chi connectivity index (χ0) is 21.4. The molecule has 154 valence electrons. The summed E-state index contributed by atoms with van der Waals surface area (Å²) in [6.07, 6.45) is 1.56. The monoisotopic (exact) mass is 412 g/mol. The summed E-state index contributed by atoms with van der Waals surface area (Å²) in [6.45, 7) is 2.60. The molecule has 5 rings (SSSR count). The maximum atomic E-state index is 12.4. The fourth-order valence-electron chi connectivity index (χ4n) is 3.95. The Morgan fingerprint density at radius 1 is 1.03 bits per heavy atom. The minimum Gasteiger partial charge on any atom is -0.452 e. The molecule has 2 N–H and O–H groups in total. The predicted molar refractivity (Wildman–Crippen MR) is 120 cm³/mol. The molecule has 0 unspecified atom stereocenters. The Labute approximate surface area is 177 Å². The molecule has 0 radical (unpaired) electrons. The van der Waals surface area contributed by atoms with Crippen LogP contribution in [0.15, 0.2) is 67.0 Å². The second kappa shape index (κ2) is 7.60. The molecule has 0 aliphatic rings. The van der Waals surface area contributed by atoms with Gasteiger partial charge in [-0.2, -0.15) is 0 Å². The summed E-state index contributed by atoms with van der Waals surface area (Å²) in [4.78, 5) is 31.7. The number of aromatic nitrogens is 3. The summed E-state index contributed by atoms with van der Waals surface area (Å²) < 4.78 is 7.42. The number of hydrogen-bond acceptors (Lipinski definition) is 4. The largest absolute Gasteiger partial charge is 0.452 e. The quantitative estimate of drug-likeness (QED) is 0.417. The number of aryl methyl sites for hydroxylation is 1. The van der Waals surface area contributed by atoms with E-state index in [9.17, 15) is 9.59 Å². The van der Waals surface area contributed by atoms with E-state index in [4.69, 9.17) is 4.74 Å². The molecule has 5 aromatic rings. The summed E-state index contributed by atoms with van der Waals surface area (Å²) in [5, 5.41) is 5.02. The normalized spacial score (nSPS) is 11.3. The van der Waals surface area contributed by atoms with E-state index in [1.54, 1.807) is 24.5 Å². The van der Waals surface area contributed by atoms with E-state index in [-0.39, 0.29) is 6.61 Å². The first-order valence-electron chi connectivity index (χ1n) is 10.0. The maximum Gasteiger partial charge on any atom is 0.338 e. The number of H-pyrrole nitrogens is 1. The van der Waals surface area contributed by atoms with Crippen LogP contribution in [0.2, 0.25) is 0 Å². The molecule has 0 saturated heterocycles. The third-order valence-corrected chi connectivity index (χ3v) is 5.36. The summed E-state index contributed by atoms with van der Waals surface area (Å²) in [6, 6.07) is 19.0. The second-order valence-electron chi connectivity index (χ2n) is 7.25. The SMILES string of the molecule is CCn1c2ccccc2c2cc(NC(=O)COC(=O)c3ccc4nc[nH]c4c3)ccc21. The van der Waals surface area contributed by atoms with E-state index in [0.717, 1.165) is 39.4 Å². The van der Waals surface area contributed by atoms with E-state index >= 15 is 0 Å². The second-order valence-corrected chi connectivity index (χ2v) is 7.25. The van der Waals surface area contributed by atoms with Crippen LogP contribution in [0.3, 0.4) is 0 Å². The first kappa shape index (κ1) is 18.9. The fraction of sp³-hybridized carbons (Fsp3) is 0.125. The van der Waals surface area contributed by atoms with Gasteiger partial charge in [0.05, 0.1) is 22.9 Å². The van der Waals surface area contributed by atoms with Crippen molar-refractivity contribution in [3.8, 4) is 0 Å². The van der Waals surface area contributed by atoms with Gasteiger partial charge in [-0.15, -0.1) is 0 Å². The zero-order valence-corrected chi connectivity index (χ0v) is 16.9. The smallest absolute Gasteiger partial charge is 0.338 e. The van der Waals surface area contributed by atoms with Gasteiger partial charge in [0, 0.05) is 34.0 Å². The number of esters is 1. The van der Waals surface area contributed by atoms with E-state index < -0.39 is 11.9 Å². The van der Waals surface area contributed by atoms with Crippen LogP contribution in [0.5, 0.6) is 0 Å². The first-order chi connectivity index (χ1) is 15.1. The lowest BCUT2D eigenvalue weighted by atomic mass is 10.1. The molecule has 31 heavy (non-hydrogen) atoms. The number of para-hydroxylation sites is 1. The van der Waals surface area contributed by atoms with Crippen molar-refractivity contribution >= 4 is 50.4 Å². The molecule has 0 atom stereocenters. The molecule has 0 spiro atoms. The standard InChI is InChI=1S/C24H20N4O3/c1-2-28-21-6-4-3-5-17(21)18-12-16(8-10-22(18)28)27-23(29)13-31-24(30)15-7-9-19-20(11-15)26-14-25-19/h3-12,14H,2,13H2,1H3,(H,25,26)(H,27,29). The van der Waals surface area contributed by atoms with Crippen molar-refractivity contribution in [1.82, 2.24) is 14.5 Å². The number of fused-ring (bicyclic) bond motifs is 4. The highest BCUT2D eigenvalue weighted by Crippen LogP contribution is 2.30. The molecule has 2 aromatic heterocycles. The van der Waals surface area contributed by atoms with E-state index in [0.29, 0.717) is 11.3 Å². The molecule has 0 bridgehead atoms. The van der Waals surface area contributed by atoms with Gasteiger partial charge >= 0.3 is 5.97 Å². The van der Waals surface area contributed by atoms with Crippen LogP contribution in [0, 0.1) is 0 Å². The molecule has 2 heterocycles. The lowest BCUT2D eigenvalue weighted by molar-refractivity contribution is -0.119. The number of benzene rings is 3. The van der Waals surface area contributed by atoms with Crippen molar-refractivity contribution in [3.63, 3.8) is 0 Å². The summed E-state index contributed by atoms with van der Waals surface area (Å²) >= 11 is 0. The number of carbonyl (C=O) groups excluding carboxylic acids is 2. The number of aromatic amines is 1. The Kier molecular flexibility index (Phi) is 4.63. The molecular weight excluding hydrogens is 392 g/mol. The van der Waals surface area contributed by atoms with Crippen molar-refractivity contribution in [2.75, 3.05) is 11.9 Å². The topological polar surface area (TPSA) is 89.0 Å². The number of nitrogens with zero attached hydrogens (tertiary/aromatic N) is 2. The van der Waals surface area contributed by atoms with Crippen molar-refractivity contribution < 1.29 is 14.3 Å². The molecule has 0 aliphatic carbocycles. The minimum absolute atomic E-state index is 0.360. The van der Waals surface area contributed by atoms with Gasteiger partial charge in [0.2, 0.25) is 0 Å². The van der Waals surface area contributed by atoms with Gasteiger partial charge in [-0.25, -0.2) is 9.78 Å². The van der Waals surface area contributed by atoms with Crippen molar-refractivity contribution in [3.05, 3.63) is 72.6 Å². The Morgan fingerprint density at radius 3 is 2.74 bits per heavy atom. The molecule has 0 fully saturated rings. The number of ether oxygens (including phenoxy) is 1. The number of imidazole rings is 1. The van der Waals surface area contributed by atoms with E-state index in [1.807, 2.05) is 30.3 Å². The van der Waals surface area contributed by atoms with E-state index in [1.165, 1.54) is 0 Å². The van der Waals surface area contributed by atoms with Crippen molar-refractivity contribution in [2.45, 2.75) is 13.5 Å². The van der Waals surface area contributed by atoms with Gasteiger partial charge in [-0.3, -0.25) is 4.79 Å². The molecular formula is C24H20N4O3. The van der Waals surface area contributed by atoms with Gasteiger partial charge in [-0.1, -0.05) is 18.2 Å².